The Hall–Kier alpha value is -2.95. The lowest BCUT2D eigenvalue weighted by molar-refractivity contribution is -0.144. The first-order valence-electron chi connectivity index (χ1n) is 15.0. The summed E-state index contributed by atoms with van der Waals surface area (Å²) in [6.45, 7) is 2.77. The molecule has 1 rings (SSSR count). The van der Waals surface area contributed by atoms with E-state index in [9.17, 15) is 39.0 Å². The number of unbranched alkanes of at least 4 members (excludes halogenated alkanes) is 3. The van der Waals surface area contributed by atoms with Gasteiger partial charge in [0.2, 0.25) is 23.6 Å². The van der Waals surface area contributed by atoms with Crippen molar-refractivity contribution in [1.82, 2.24) is 20.9 Å². The third kappa shape index (κ3) is 18.0. The van der Waals surface area contributed by atoms with Crippen molar-refractivity contribution in [1.29, 1.82) is 0 Å². The molecule has 16 heteroatoms. The highest BCUT2D eigenvalue weighted by atomic mass is 32.2. The second kappa shape index (κ2) is 22.5. The Morgan fingerprint density at radius 2 is 1.68 bits per heavy atom. The lowest BCUT2D eigenvalue weighted by Gasteiger charge is -2.31. The monoisotopic (exact) mass is 648 g/mol. The van der Waals surface area contributed by atoms with E-state index in [4.69, 9.17) is 14.6 Å². The van der Waals surface area contributed by atoms with Gasteiger partial charge in [0.15, 0.2) is 0 Å². The minimum absolute atomic E-state index is 0.0114. The topological polar surface area (TPSA) is 221 Å². The molecule has 44 heavy (non-hydrogen) atoms. The van der Waals surface area contributed by atoms with Gasteiger partial charge in [-0.3, -0.25) is 24.0 Å². The average molecular weight is 649 g/mol. The molecular weight excluding hydrogens is 600 g/mol. The molecule has 4 amide bonds. The number of aliphatic hydroxyl groups excluding tert-OH is 1. The third-order valence-electron chi connectivity index (χ3n) is 6.71. The zero-order valence-corrected chi connectivity index (χ0v) is 26.4. The number of thioether (sulfide) groups is 1. The molecule has 1 fully saturated rings. The van der Waals surface area contributed by atoms with Gasteiger partial charge in [-0.2, -0.15) is 0 Å². The van der Waals surface area contributed by atoms with Crippen LogP contribution in [-0.4, -0.2) is 125 Å². The number of carboxylic acids is 2. The van der Waals surface area contributed by atoms with Crippen molar-refractivity contribution in [3.63, 3.8) is 0 Å². The Morgan fingerprint density at radius 1 is 0.955 bits per heavy atom. The van der Waals surface area contributed by atoms with Crippen LogP contribution in [0.1, 0.15) is 71.6 Å². The van der Waals surface area contributed by atoms with Crippen LogP contribution >= 0.6 is 11.8 Å². The van der Waals surface area contributed by atoms with E-state index in [-0.39, 0.29) is 44.0 Å². The molecule has 6 N–H and O–H groups in total. The van der Waals surface area contributed by atoms with Crippen LogP contribution in [-0.2, 0) is 38.2 Å². The molecule has 1 heterocycles. The number of carbonyl (C=O) groups excluding carboxylic acids is 4. The van der Waals surface area contributed by atoms with Gasteiger partial charge in [0.1, 0.15) is 31.1 Å². The SMILES string of the molecule is CCCCCCC(NC(=O)CN(CC(=O)NCC(=O)O)C(=O)CCC(=O)NCCOCCSC1CCC(O)[C@H](C)O1)C(=O)O. The van der Waals surface area contributed by atoms with Gasteiger partial charge in [0, 0.05) is 25.1 Å². The molecule has 0 spiro atoms. The number of carbonyl (C=O) groups is 6. The molecule has 1 aliphatic heterocycles. The summed E-state index contributed by atoms with van der Waals surface area (Å²) in [5.41, 5.74) is 0.0114. The number of amides is 4. The molecule has 1 saturated heterocycles. The van der Waals surface area contributed by atoms with Gasteiger partial charge in [-0.15, -0.1) is 11.8 Å². The van der Waals surface area contributed by atoms with E-state index in [0.717, 1.165) is 30.6 Å². The highest BCUT2D eigenvalue weighted by Crippen LogP contribution is 2.27. The Bertz CT molecular complexity index is 939. The summed E-state index contributed by atoms with van der Waals surface area (Å²) in [6.07, 6.45) is 3.74. The fraction of sp³-hybridized carbons (Fsp3) is 0.786. The number of ether oxygens (including phenoxy) is 2. The maximum atomic E-state index is 12.8. The lowest BCUT2D eigenvalue weighted by Crippen LogP contribution is -2.49. The molecular formula is C28H48N4O11S. The van der Waals surface area contributed by atoms with Gasteiger partial charge in [-0.25, -0.2) is 4.79 Å². The first kappa shape index (κ1) is 39.1. The summed E-state index contributed by atoms with van der Waals surface area (Å²) in [5, 5.41) is 35.0. The van der Waals surface area contributed by atoms with Gasteiger partial charge in [0.25, 0.3) is 0 Å². The van der Waals surface area contributed by atoms with Gasteiger partial charge in [-0.05, 0) is 26.2 Å². The van der Waals surface area contributed by atoms with E-state index in [1.54, 1.807) is 11.8 Å². The smallest absolute Gasteiger partial charge is 0.326 e. The Kier molecular flexibility index (Phi) is 20.0. The minimum atomic E-state index is -1.30. The van der Waals surface area contributed by atoms with E-state index in [2.05, 4.69) is 16.0 Å². The van der Waals surface area contributed by atoms with Crippen molar-refractivity contribution in [3.05, 3.63) is 0 Å². The summed E-state index contributed by atoms with van der Waals surface area (Å²) < 4.78 is 11.2. The van der Waals surface area contributed by atoms with Crippen molar-refractivity contribution in [2.45, 2.75) is 95.3 Å². The number of carboxylic acid groups (broad SMARTS) is 2. The van der Waals surface area contributed by atoms with Crippen LogP contribution in [0.4, 0.5) is 0 Å². The van der Waals surface area contributed by atoms with Gasteiger partial charge in [0.05, 0.1) is 25.4 Å². The van der Waals surface area contributed by atoms with Crippen LogP contribution in [0.15, 0.2) is 0 Å². The number of aliphatic carboxylic acids is 2. The molecule has 0 bridgehead atoms. The minimum Gasteiger partial charge on any atom is -0.480 e. The first-order valence-corrected chi connectivity index (χ1v) is 16.1. The maximum absolute atomic E-state index is 12.8. The number of hydrogen-bond acceptors (Lipinski definition) is 10. The molecule has 0 aromatic rings. The predicted octanol–water partition coefficient (Wildman–Crippen LogP) is 0.0877. The summed E-state index contributed by atoms with van der Waals surface area (Å²) in [4.78, 5) is 73.1. The number of hydrogen-bond donors (Lipinski definition) is 6. The van der Waals surface area contributed by atoms with Crippen LogP contribution < -0.4 is 16.0 Å². The highest BCUT2D eigenvalue weighted by molar-refractivity contribution is 7.99. The second-order valence-corrected chi connectivity index (χ2v) is 11.7. The first-order chi connectivity index (χ1) is 20.9. The van der Waals surface area contributed by atoms with Crippen molar-refractivity contribution in [2.24, 2.45) is 0 Å². The van der Waals surface area contributed by atoms with Gasteiger partial charge >= 0.3 is 11.9 Å². The van der Waals surface area contributed by atoms with E-state index < -0.39 is 67.3 Å². The van der Waals surface area contributed by atoms with Crippen LogP contribution in [0.3, 0.4) is 0 Å². The molecule has 15 nitrogen and oxygen atoms in total. The fourth-order valence-corrected chi connectivity index (χ4v) is 5.25. The molecule has 0 radical (unpaired) electrons. The molecule has 0 aliphatic carbocycles. The molecule has 252 valence electrons. The quantitative estimate of drug-likeness (QED) is 0.0812. The van der Waals surface area contributed by atoms with Crippen molar-refractivity contribution in [3.8, 4) is 0 Å². The van der Waals surface area contributed by atoms with Gasteiger partial charge < -0.3 is 45.6 Å². The largest absolute Gasteiger partial charge is 0.480 e. The second-order valence-electron chi connectivity index (χ2n) is 10.5. The molecule has 0 aromatic carbocycles. The average Bonchev–Trinajstić information content (AvgIpc) is 2.97. The van der Waals surface area contributed by atoms with Crippen molar-refractivity contribution < 1.29 is 53.6 Å². The zero-order chi connectivity index (χ0) is 32.9. The summed E-state index contributed by atoms with van der Waals surface area (Å²) in [6, 6.07) is -1.16. The van der Waals surface area contributed by atoms with Crippen LogP contribution in [0.2, 0.25) is 0 Å². The van der Waals surface area contributed by atoms with Crippen LogP contribution in [0.25, 0.3) is 0 Å². The summed E-state index contributed by atoms with van der Waals surface area (Å²) in [5.74, 6) is -4.62. The van der Waals surface area contributed by atoms with Crippen LogP contribution in [0, 0.1) is 0 Å². The normalized spacial score (nSPS) is 18.6. The third-order valence-corrected chi connectivity index (χ3v) is 7.83. The van der Waals surface area contributed by atoms with Crippen molar-refractivity contribution in [2.75, 3.05) is 45.1 Å². The summed E-state index contributed by atoms with van der Waals surface area (Å²) in [7, 11) is 0. The van der Waals surface area contributed by atoms with Crippen molar-refractivity contribution >= 4 is 47.3 Å². The summed E-state index contributed by atoms with van der Waals surface area (Å²) >= 11 is 1.60. The molecule has 1 aliphatic rings. The fourth-order valence-electron chi connectivity index (χ4n) is 4.21. The standard InChI is InChI=1S/C28H48N4O11S/c1-3-4-5-6-7-20(28(40)41)31-24(36)18-32(17-23(35)30-16-26(38)39)25(37)10-9-22(34)29-12-13-42-14-15-44-27-11-8-21(33)19(2)43-27/h19-21,27,33H,3-18H2,1-2H3,(H,29,34)(H,30,35)(H,31,36)(H,38,39)(H,40,41)/t19-,20?,21?,27?/m0/s1. The zero-order valence-electron chi connectivity index (χ0n) is 25.6. The number of aliphatic hydroxyl groups is 1. The molecule has 0 aromatic heterocycles. The molecule has 3 unspecified atom stereocenters. The van der Waals surface area contributed by atoms with Crippen LogP contribution in [0.5, 0.6) is 0 Å². The van der Waals surface area contributed by atoms with E-state index in [1.807, 2.05) is 13.8 Å². The van der Waals surface area contributed by atoms with E-state index >= 15 is 0 Å². The predicted molar refractivity (Wildman–Crippen MR) is 161 cm³/mol. The lowest BCUT2D eigenvalue weighted by atomic mass is 10.1. The number of nitrogens with zero attached hydrogens (tertiary/aromatic N) is 1. The van der Waals surface area contributed by atoms with E-state index in [0.29, 0.717) is 25.2 Å². The molecule has 4 atom stereocenters. The molecule has 0 saturated carbocycles. The highest BCUT2D eigenvalue weighted by Gasteiger charge is 2.27. The Balaban J connectivity index is 2.47. The number of rotatable bonds is 23. The maximum Gasteiger partial charge on any atom is 0.326 e. The number of nitrogens with one attached hydrogen (secondary N) is 3. The van der Waals surface area contributed by atoms with Gasteiger partial charge in [-0.1, -0.05) is 32.6 Å². The van der Waals surface area contributed by atoms with E-state index in [1.165, 1.54) is 0 Å². The Morgan fingerprint density at radius 3 is 2.34 bits per heavy atom. The Labute approximate surface area is 262 Å².